The maximum absolute atomic E-state index is 12.8. The van der Waals surface area contributed by atoms with Crippen molar-refractivity contribution in [2.24, 2.45) is 11.8 Å². The summed E-state index contributed by atoms with van der Waals surface area (Å²) in [7, 11) is -3.22. The highest BCUT2D eigenvalue weighted by Gasteiger charge is 2.34. The molecule has 0 spiro atoms. The summed E-state index contributed by atoms with van der Waals surface area (Å²) in [5.41, 5.74) is 2.92. The van der Waals surface area contributed by atoms with Gasteiger partial charge < -0.3 is 9.47 Å². The van der Waals surface area contributed by atoms with Crippen LogP contribution in [-0.4, -0.2) is 43.8 Å². The second-order valence-electron chi connectivity index (χ2n) is 8.83. The Morgan fingerprint density at radius 2 is 1.75 bits per heavy atom. The topological polar surface area (TPSA) is 59.4 Å². The zero-order chi connectivity index (χ0) is 20.1. The van der Waals surface area contributed by atoms with Gasteiger partial charge in [0.2, 0.25) is 0 Å². The number of likely N-dealkylation sites (tertiary alicyclic amines) is 1. The molecule has 6 heteroatoms. The maximum Gasteiger partial charge on any atom is 0.251 e. The SMILES string of the molecule is CC(C)CN1C[C@@H]2C[C@H](C1)c1cc(-c3ccc(S(C)(=O)=O)cc3)cc(=O)n1C2. The van der Waals surface area contributed by atoms with Crippen molar-refractivity contribution in [2.45, 2.75) is 37.6 Å². The summed E-state index contributed by atoms with van der Waals surface area (Å²) in [4.78, 5) is 15.7. The van der Waals surface area contributed by atoms with Crippen LogP contribution in [0.4, 0.5) is 0 Å². The Hall–Kier alpha value is -1.92. The third-order valence-electron chi connectivity index (χ3n) is 5.87. The molecule has 28 heavy (non-hydrogen) atoms. The Labute approximate surface area is 166 Å². The normalized spacial score (nSPS) is 22.3. The zero-order valence-electron chi connectivity index (χ0n) is 16.8. The van der Waals surface area contributed by atoms with Gasteiger partial charge in [0.05, 0.1) is 4.90 Å². The molecule has 1 fully saturated rings. The number of pyridine rings is 1. The fourth-order valence-corrected chi connectivity index (χ4v) is 5.42. The number of hydrogen-bond donors (Lipinski definition) is 0. The van der Waals surface area contributed by atoms with Gasteiger partial charge in [-0.3, -0.25) is 4.79 Å². The van der Waals surface area contributed by atoms with E-state index in [-0.39, 0.29) is 5.56 Å². The fraction of sp³-hybridized carbons (Fsp3) is 0.500. The second kappa shape index (κ2) is 7.16. The fourth-order valence-electron chi connectivity index (χ4n) is 4.78. The largest absolute Gasteiger partial charge is 0.312 e. The van der Waals surface area contributed by atoms with Gasteiger partial charge in [-0.05, 0) is 47.6 Å². The first kappa shape index (κ1) is 19.4. The number of benzene rings is 1. The average Bonchev–Trinajstić information content (AvgIpc) is 2.61. The molecule has 1 saturated heterocycles. The third-order valence-corrected chi connectivity index (χ3v) is 7.00. The monoisotopic (exact) mass is 400 g/mol. The van der Waals surface area contributed by atoms with Crippen LogP contribution < -0.4 is 5.56 Å². The third kappa shape index (κ3) is 3.80. The summed E-state index contributed by atoms with van der Waals surface area (Å²) < 4.78 is 25.3. The first-order valence-corrected chi connectivity index (χ1v) is 11.9. The van der Waals surface area contributed by atoms with E-state index in [2.05, 4.69) is 24.8 Å². The zero-order valence-corrected chi connectivity index (χ0v) is 17.6. The van der Waals surface area contributed by atoms with Gasteiger partial charge in [-0.2, -0.15) is 0 Å². The molecule has 0 saturated carbocycles. The molecular weight excluding hydrogens is 372 g/mol. The van der Waals surface area contributed by atoms with E-state index >= 15 is 0 Å². The predicted molar refractivity (Wildman–Crippen MR) is 111 cm³/mol. The summed E-state index contributed by atoms with van der Waals surface area (Å²) in [5.74, 6) is 1.57. The lowest BCUT2D eigenvalue weighted by molar-refractivity contribution is 0.109. The number of fused-ring (bicyclic) bond motifs is 4. The van der Waals surface area contributed by atoms with E-state index in [1.807, 2.05) is 4.57 Å². The Kier molecular flexibility index (Phi) is 4.96. The first-order chi connectivity index (χ1) is 13.2. The van der Waals surface area contributed by atoms with Crippen LogP contribution in [0.25, 0.3) is 11.1 Å². The summed E-state index contributed by atoms with van der Waals surface area (Å²) in [6, 6.07) is 10.6. The van der Waals surface area contributed by atoms with Gasteiger partial charge in [-0.25, -0.2) is 8.42 Å². The van der Waals surface area contributed by atoms with Gasteiger partial charge in [0, 0.05) is 50.1 Å². The predicted octanol–water partition coefficient (Wildman–Crippen LogP) is 2.99. The van der Waals surface area contributed by atoms with E-state index in [4.69, 9.17) is 0 Å². The number of aromatic nitrogens is 1. The van der Waals surface area contributed by atoms with E-state index < -0.39 is 9.84 Å². The van der Waals surface area contributed by atoms with Crippen molar-refractivity contribution < 1.29 is 8.42 Å². The highest BCUT2D eigenvalue weighted by molar-refractivity contribution is 7.90. The van der Waals surface area contributed by atoms with Crippen molar-refractivity contribution in [1.82, 2.24) is 9.47 Å². The number of hydrogen-bond acceptors (Lipinski definition) is 4. The van der Waals surface area contributed by atoms with Crippen molar-refractivity contribution in [2.75, 3.05) is 25.9 Å². The Bertz CT molecular complexity index is 1040. The minimum absolute atomic E-state index is 0.0479. The lowest BCUT2D eigenvalue weighted by Crippen LogP contribution is -2.48. The van der Waals surface area contributed by atoms with E-state index in [1.165, 1.54) is 6.26 Å². The van der Waals surface area contributed by atoms with Gasteiger partial charge in [0.1, 0.15) is 0 Å². The maximum atomic E-state index is 12.8. The molecule has 150 valence electrons. The van der Waals surface area contributed by atoms with E-state index in [9.17, 15) is 13.2 Å². The van der Waals surface area contributed by atoms with Crippen molar-refractivity contribution >= 4 is 9.84 Å². The van der Waals surface area contributed by atoms with Crippen LogP contribution in [-0.2, 0) is 16.4 Å². The minimum atomic E-state index is -3.22. The summed E-state index contributed by atoms with van der Waals surface area (Å²) in [6.07, 6.45) is 2.35. The molecule has 4 rings (SSSR count). The molecule has 5 nitrogen and oxygen atoms in total. The van der Waals surface area contributed by atoms with Gasteiger partial charge in [-0.1, -0.05) is 26.0 Å². The molecule has 0 unspecified atom stereocenters. The van der Waals surface area contributed by atoms with Crippen LogP contribution in [0.2, 0.25) is 0 Å². The van der Waals surface area contributed by atoms with Crippen molar-refractivity contribution in [3.05, 3.63) is 52.4 Å². The standard InChI is InChI=1S/C22H28N2O3S/c1-15(2)11-23-12-16-8-19(14-23)21-9-18(10-22(25)24(21)13-16)17-4-6-20(7-5-17)28(3,26)27/h4-7,9-10,15-16,19H,8,11-14H2,1-3H3/t16-,19+/m0/s1. The molecular formula is C22H28N2O3S. The quantitative estimate of drug-likeness (QED) is 0.792. The molecule has 0 N–H and O–H groups in total. The summed E-state index contributed by atoms with van der Waals surface area (Å²) >= 11 is 0. The smallest absolute Gasteiger partial charge is 0.251 e. The summed E-state index contributed by atoms with van der Waals surface area (Å²) in [6.45, 7) is 8.48. The molecule has 2 aliphatic heterocycles. The highest BCUT2D eigenvalue weighted by atomic mass is 32.2. The number of rotatable bonds is 4. The molecule has 3 heterocycles. The number of nitrogens with zero attached hydrogens (tertiary/aromatic N) is 2. The van der Waals surface area contributed by atoms with Gasteiger partial charge in [0.15, 0.2) is 9.84 Å². The molecule has 0 aliphatic carbocycles. The van der Waals surface area contributed by atoms with Gasteiger partial charge in [0.25, 0.3) is 5.56 Å². The Balaban J connectivity index is 1.69. The molecule has 0 amide bonds. The van der Waals surface area contributed by atoms with E-state index in [0.29, 0.717) is 22.6 Å². The van der Waals surface area contributed by atoms with Crippen LogP contribution >= 0.6 is 0 Å². The highest BCUT2D eigenvalue weighted by Crippen LogP contribution is 2.36. The molecule has 0 radical (unpaired) electrons. The van der Waals surface area contributed by atoms with Crippen molar-refractivity contribution in [3.63, 3.8) is 0 Å². The number of piperidine rings is 1. The van der Waals surface area contributed by atoms with Crippen LogP contribution in [0.15, 0.2) is 46.1 Å². The Morgan fingerprint density at radius 1 is 1.04 bits per heavy atom. The second-order valence-corrected chi connectivity index (χ2v) is 10.8. The van der Waals surface area contributed by atoms with Crippen LogP contribution in [0, 0.1) is 11.8 Å². The van der Waals surface area contributed by atoms with Crippen LogP contribution in [0.3, 0.4) is 0 Å². The minimum Gasteiger partial charge on any atom is -0.312 e. The molecule has 2 atom stereocenters. The Morgan fingerprint density at radius 3 is 2.39 bits per heavy atom. The lowest BCUT2D eigenvalue weighted by atomic mass is 9.82. The van der Waals surface area contributed by atoms with E-state index in [1.54, 1.807) is 30.3 Å². The van der Waals surface area contributed by atoms with E-state index in [0.717, 1.165) is 49.4 Å². The summed E-state index contributed by atoms with van der Waals surface area (Å²) in [5, 5.41) is 0. The van der Waals surface area contributed by atoms with Crippen LogP contribution in [0.1, 0.15) is 31.9 Å². The molecule has 1 aromatic carbocycles. The van der Waals surface area contributed by atoms with Crippen molar-refractivity contribution in [3.8, 4) is 11.1 Å². The first-order valence-electron chi connectivity index (χ1n) is 9.98. The lowest BCUT2D eigenvalue weighted by Gasteiger charge is -2.43. The molecule has 1 aromatic heterocycles. The average molecular weight is 401 g/mol. The van der Waals surface area contributed by atoms with Gasteiger partial charge in [-0.15, -0.1) is 0 Å². The number of sulfone groups is 1. The van der Waals surface area contributed by atoms with Crippen LogP contribution in [0.5, 0.6) is 0 Å². The molecule has 2 aliphatic rings. The van der Waals surface area contributed by atoms with Gasteiger partial charge >= 0.3 is 0 Å². The van der Waals surface area contributed by atoms with Crippen molar-refractivity contribution in [1.29, 1.82) is 0 Å². The molecule has 2 bridgehead atoms. The molecule has 2 aromatic rings.